The van der Waals surface area contributed by atoms with Crippen LogP contribution < -0.4 is 20.1 Å². The maximum atomic E-state index is 11.7. The third-order valence-electron chi connectivity index (χ3n) is 3.31. The van der Waals surface area contributed by atoms with Gasteiger partial charge in [0.15, 0.2) is 11.5 Å². The van der Waals surface area contributed by atoms with Gasteiger partial charge in [0, 0.05) is 18.3 Å². The van der Waals surface area contributed by atoms with E-state index in [1.807, 2.05) is 0 Å². The molecule has 1 heterocycles. The molecule has 0 unspecified atom stereocenters. The second kappa shape index (κ2) is 12.3. The molecule has 2 rings (SSSR count). The van der Waals surface area contributed by atoms with E-state index in [0.29, 0.717) is 70.0 Å². The van der Waals surface area contributed by atoms with Gasteiger partial charge in [-0.25, -0.2) is 4.79 Å². The first kappa shape index (κ1) is 20.2. The maximum absolute atomic E-state index is 11.7. The van der Waals surface area contributed by atoms with Crippen LogP contribution in [0.5, 0.6) is 11.5 Å². The van der Waals surface area contributed by atoms with Crippen molar-refractivity contribution in [2.75, 3.05) is 71.3 Å². The molecular weight excluding hydrogens is 344 g/mol. The lowest BCUT2D eigenvalue weighted by molar-refractivity contribution is 0.00708. The Labute approximate surface area is 152 Å². The lowest BCUT2D eigenvalue weighted by Crippen LogP contribution is -2.30. The van der Waals surface area contributed by atoms with Crippen molar-refractivity contribution < 1.29 is 33.6 Å². The maximum Gasteiger partial charge on any atom is 0.319 e. The number of fused-ring (bicyclic) bond motifs is 1. The van der Waals surface area contributed by atoms with Gasteiger partial charge in [0.25, 0.3) is 0 Å². The zero-order valence-corrected chi connectivity index (χ0v) is 14.7. The van der Waals surface area contributed by atoms with Crippen LogP contribution in [0, 0.1) is 0 Å². The van der Waals surface area contributed by atoms with Crippen molar-refractivity contribution in [1.29, 1.82) is 0 Å². The Balaban J connectivity index is 1.98. The average molecular weight is 370 g/mol. The number of aliphatic hydroxyl groups excluding tert-OH is 1. The van der Waals surface area contributed by atoms with E-state index in [1.54, 1.807) is 18.2 Å². The first-order valence-corrected chi connectivity index (χ1v) is 8.58. The van der Waals surface area contributed by atoms with Gasteiger partial charge in [-0.05, 0) is 12.1 Å². The van der Waals surface area contributed by atoms with Crippen molar-refractivity contribution in [3.8, 4) is 11.5 Å². The predicted octanol–water partition coefficient (Wildman–Crippen LogP) is 0.621. The van der Waals surface area contributed by atoms with Crippen LogP contribution in [0.1, 0.15) is 0 Å². The quantitative estimate of drug-likeness (QED) is 0.716. The molecule has 1 aromatic carbocycles. The van der Waals surface area contributed by atoms with E-state index in [9.17, 15) is 4.79 Å². The van der Waals surface area contributed by atoms with E-state index in [2.05, 4.69) is 10.6 Å². The molecule has 0 aromatic heterocycles. The third kappa shape index (κ3) is 7.87. The van der Waals surface area contributed by atoms with E-state index in [-0.39, 0.29) is 13.2 Å². The number of carbonyl (C=O) groups is 1. The van der Waals surface area contributed by atoms with Crippen molar-refractivity contribution in [3.63, 3.8) is 0 Å². The number of aliphatic hydroxyl groups is 1. The van der Waals surface area contributed by atoms with Gasteiger partial charge in [0.2, 0.25) is 0 Å². The largest absolute Gasteiger partial charge is 0.487 e. The summed E-state index contributed by atoms with van der Waals surface area (Å²) in [7, 11) is 0. The van der Waals surface area contributed by atoms with Crippen LogP contribution in [0.3, 0.4) is 0 Å². The molecule has 0 atom stereocenters. The van der Waals surface area contributed by atoms with Gasteiger partial charge in [-0.2, -0.15) is 0 Å². The number of hydrogen-bond donors (Lipinski definition) is 3. The van der Waals surface area contributed by atoms with Crippen molar-refractivity contribution in [3.05, 3.63) is 18.2 Å². The third-order valence-corrected chi connectivity index (χ3v) is 3.31. The molecule has 1 aliphatic rings. The SMILES string of the molecule is O=C(NCCO)Nc1ccc2c(c1)OCCOCCOCCOCCO2. The molecular formula is C17H26N2O7. The van der Waals surface area contributed by atoms with Gasteiger partial charge in [-0.15, -0.1) is 0 Å². The van der Waals surface area contributed by atoms with E-state index in [1.165, 1.54) is 0 Å². The number of amides is 2. The fourth-order valence-electron chi connectivity index (χ4n) is 2.13. The Hall–Kier alpha value is -2.07. The van der Waals surface area contributed by atoms with Gasteiger partial charge in [0.05, 0.1) is 46.2 Å². The Morgan fingerprint density at radius 3 is 2.08 bits per heavy atom. The molecule has 9 heteroatoms. The predicted molar refractivity (Wildman–Crippen MR) is 94.0 cm³/mol. The number of benzene rings is 1. The summed E-state index contributed by atoms with van der Waals surface area (Å²) >= 11 is 0. The molecule has 1 aromatic rings. The van der Waals surface area contributed by atoms with Crippen LogP contribution in [0.4, 0.5) is 10.5 Å². The van der Waals surface area contributed by atoms with E-state index < -0.39 is 6.03 Å². The Morgan fingerprint density at radius 2 is 1.46 bits per heavy atom. The minimum atomic E-state index is -0.409. The average Bonchev–Trinajstić information content (AvgIpc) is 2.65. The summed E-state index contributed by atoms with van der Waals surface area (Å²) in [6.07, 6.45) is 0. The second-order valence-electron chi connectivity index (χ2n) is 5.30. The fourth-order valence-corrected chi connectivity index (χ4v) is 2.13. The molecule has 0 fully saturated rings. The number of hydrogen-bond acceptors (Lipinski definition) is 7. The fraction of sp³-hybridized carbons (Fsp3) is 0.588. The number of ether oxygens (including phenoxy) is 5. The Morgan fingerprint density at radius 1 is 0.885 bits per heavy atom. The Kier molecular flexibility index (Phi) is 9.59. The number of nitrogens with one attached hydrogen (secondary N) is 2. The smallest absolute Gasteiger partial charge is 0.319 e. The first-order valence-electron chi connectivity index (χ1n) is 8.58. The zero-order chi connectivity index (χ0) is 18.5. The topological polar surface area (TPSA) is 108 Å². The highest BCUT2D eigenvalue weighted by Gasteiger charge is 2.09. The molecule has 0 saturated heterocycles. The first-order chi connectivity index (χ1) is 12.8. The standard InChI is InChI=1S/C17H26N2O7/c20-4-3-18-17(21)19-14-1-2-15-16(13-14)26-12-10-24-8-6-22-5-7-23-9-11-25-15/h1-2,13,20H,3-12H2,(H2,18,19,21). The summed E-state index contributed by atoms with van der Waals surface area (Å²) in [6, 6.07) is 4.70. The van der Waals surface area contributed by atoms with Gasteiger partial charge < -0.3 is 39.4 Å². The van der Waals surface area contributed by atoms with Crippen molar-refractivity contribution in [1.82, 2.24) is 5.32 Å². The van der Waals surface area contributed by atoms with Gasteiger partial charge in [0.1, 0.15) is 13.2 Å². The lowest BCUT2D eigenvalue weighted by atomic mass is 10.2. The minimum Gasteiger partial charge on any atom is -0.487 e. The molecule has 0 spiro atoms. The highest BCUT2D eigenvalue weighted by Crippen LogP contribution is 2.30. The van der Waals surface area contributed by atoms with E-state index in [0.717, 1.165) is 0 Å². The molecule has 26 heavy (non-hydrogen) atoms. The number of carbonyl (C=O) groups excluding carboxylic acids is 1. The molecule has 1 aliphatic heterocycles. The van der Waals surface area contributed by atoms with Gasteiger partial charge >= 0.3 is 6.03 Å². The van der Waals surface area contributed by atoms with Crippen molar-refractivity contribution >= 4 is 11.7 Å². The van der Waals surface area contributed by atoms with Crippen LogP contribution in [0.25, 0.3) is 0 Å². The van der Waals surface area contributed by atoms with Crippen LogP contribution in [-0.4, -0.2) is 77.1 Å². The number of anilines is 1. The second-order valence-corrected chi connectivity index (χ2v) is 5.30. The minimum absolute atomic E-state index is 0.123. The molecule has 146 valence electrons. The monoisotopic (exact) mass is 370 g/mol. The summed E-state index contributed by atoms with van der Waals surface area (Å²) in [4.78, 5) is 11.7. The molecule has 3 N–H and O–H groups in total. The molecule has 2 amide bonds. The van der Waals surface area contributed by atoms with Crippen molar-refractivity contribution in [2.24, 2.45) is 0 Å². The highest BCUT2D eigenvalue weighted by atomic mass is 16.6. The number of urea groups is 1. The van der Waals surface area contributed by atoms with Crippen LogP contribution in [-0.2, 0) is 14.2 Å². The molecule has 0 bridgehead atoms. The lowest BCUT2D eigenvalue weighted by Gasteiger charge is -2.15. The van der Waals surface area contributed by atoms with Crippen LogP contribution >= 0.6 is 0 Å². The Bertz CT molecular complexity index is 542. The van der Waals surface area contributed by atoms with Gasteiger partial charge in [-0.3, -0.25) is 0 Å². The van der Waals surface area contributed by atoms with Gasteiger partial charge in [-0.1, -0.05) is 0 Å². The highest BCUT2D eigenvalue weighted by molar-refractivity contribution is 5.89. The molecule has 9 nitrogen and oxygen atoms in total. The summed E-state index contributed by atoms with van der Waals surface area (Å²) in [5, 5.41) is 13.9. The van der Waals surface area contributed by atoms with Crippen molar-refractivity contribution in [2.45, 2.75) is 0 Å². The molecule has 0 radical (unpaired) electrons. The summed E-state index contributed by atoms with van der Waals surface area (Å²) < 4.78 is 27.6. The summed E-state index contributed by atoms with van der Waals surface area (Å²) in [5.74, 6) is 1.06. The molecule has 0 aliphatic carbocycles. The normalized spacial score (nSPS) is 16.8. The van der Waals surface area contributed by atoms with Crippen LogP contribution in [0.15, 0.2) is 18.2 Å². The number of rotatable bonds is 3. The zero-order valence-electron chi connectivity index (χ0n) is 14.7. The van der Waals surface area contributed by atoms with E-state index in [4.69, 9.17) is 28.8 Å². The van der Waals surface area contributed by atoms with E-state index >= 15 is 0 Å². The van der Waals surface area contributed by atoms with Crippen LogP contribution in [0.2, 0.25) is 0 Å². The summed E-state index contributed by atoms with van der Waals surface area (Å²) in [5.41, 5.74) is 0.547. The summed E-state index contributed by atoms with van der Waals surface area (Å²) in [6.45, 7) is 3.62. The molecule has 0 saturated carbocycles.